The van der Waals surface area contributed by atoms with Gasteiger partial charge in [-0.25, -0.2) is 0 Å². The van der Waals surface area contributed by atoms with Gasteiger partial charge in [-0.05, 0) is 28.1 Å². The van der Waals surface area contributed by atoms with Gasteiger partial charge in [-0.2, -0.15) is 0 Å². The van der Waals surface area contributed by atoms with Crippen LogP contribution in [-0.2, 0) is 0 Å². The van der Waals surface area contributed by atoms with E-state index in [4.69, 9.17) is 0 Å². The summed E-state index contributed by atoms with van der Waals surface area (Å²) in [5.41, 5.74) is 0.601. The maximum Gasteiger partial charge on any atom is 0.257 e. The maximum atomic E-state index is 11.6. The molecule has 4 nitrogen and oxygen atoms in total. The number of rotatable bonds is 2. The molecular formula is C9H6BrN3OS. The molecular weight excluding hydrogens is 278 g/mol. The fraction of sp³-hybridized carbons (Fsp3) is 0. The van der Waals surface area contributed by atoms with Gasteiger partial charge < -0.3 is 0 Å². The average Bonchev–Trinajstić information content (AvgIpc) is 2.65. The lowest BCUT2D eigenvalue weighted by Gasteiger charge is -1.99. The van der Waals surface area contributed by atoms with Crippen molar-refractivity contribution in [3.05, 3.63) is 39.8 Å². The predicted molar refractivity (Wildman–Crippen MR) is 62.0 cm³/mol. The molecule has 0 atom stereocenters. The molecule has 0 aliphatic carbocycles. The third-order valence-corrected chi connectivity index (χ3v) is 2.93. The van der Waals surface area contributed by atoms with E-state index < -0.39 is 0 Å². The standard InChI is InChI=1S/C9H6BrN3OS/c10-8-12-13-9(15-8)11-7(14)6-4-2-1-3-5-6/h1-5H,(H,11,13,14). The van der Waals surface area contributed by atoms with E-state index in [0.29, 0.717) is 14.6 Å². The van der Waals surface area contributed by atoms with Gasteiger partial charge in [0, 0.05) is 5.56 Å². The van der Waals surface area contributed by atoms with Crippen molar-refractivity contribution in [2.75, 3.05) is 5.32 Å². The topological polar surface area (TPSA) is 54.9 Å². The first kappa shape index (κ1) is 10.3. The van der Waals surface area contributed by atoms with Crippen molar-refractivity contribution in [2.45, 2.75) is 0 Å². The highest BCUT2D eigenvalue weighted by Gasteiger charge is 2.08. The number of hydrogen-bond donors (Lipinski definition) is 1. The van der Waals surface area contributed by atoms with E-state index in [-0.39, 0.29) is 5.91 Å². The fourth-order valence-corrected chi connectivity index (χ4v) is 2.02. The lowest BCUT2D eigenvalue weighted by molar-refractivity contribution is 0.102. The number of nitrogens with zero attached hydrogens (tertiary/aromatic N) is 2. The number of halogens is 1. The summed E-state index contributed by atoms with van der Waals surface area (Å²) in [6, 6.07) is 8.96. The van der Waals surface area contributed by atoms with E-state index in [1.54, 1.807) is 12.1 Å². The van der Waals surface area contributed by atoms with Crippen LogP contribution in [0.5, 0.6) is 0 Å². The minimum absolute atomic E-state index is 0.181. The van der Waals surface area contributed by atoms with Gasteiger partial charge in [0.25, 0.3) is 5.91 Å². The summed E-state index contributed by atoms with van der Waals surface area (Å²) in [5.74, 6) is -0.181. The van der Waals surface area contributed by atoms with Crippen LogP contribution >= 0.6 is 27.3 Å². The van der Waals surface area contributed by atoms with Crippen molar-refractivity contribution in [2.24, 2.45) is 0 Å². The van der Waals surface area contributed by atoms with Crippen LogP contribution < -0.4 is 5.32 Å². The van der Waals surface area contributed by atoms with Gasteiger partial charge in [-0.3, -0.25) is 10.1 Å². The van der Waals surface area contributed by atoms with Crippen LogP contribution in [0, 0.1) is 0 Å². The lowest BCUT2D eigenvalue weighted by atomic mass is 10.2. The number of anilines is 1. The number of aromatic nitrogens is 2. The summed E-state index contributed by atoms with van der Waals surface area (Å²) < 4.78 is 0.644. The van der Waals surface area contributed by atoms with Crippen molar-refractivity contribution < 1.29 is 4.79 Å². The zero-order valence-electron chi connectivity index (χ0n) is 7.48. The second-order valence-corrected chi connectivity index (χ2v) is 4.93. The first-order valence-corrected chi connectivity index (χ1v) is 5.72. The van der Waals surface area contributed by atoms with Crippen molar-refractivity contribution in [1.82, 2.24) is 10.2 Å². The minimum Gasteiger partial charge on any atom is -0.296 e. The van der Waals surface area contributed by atoms with Crippen molar-refractivity contribution in [3.63, 3.8) is 0 Å². The summed E-state index contributed by atoms with van der Waals surface area (Å²) in [4.78, 5) is 11.6. The number of hydrogen-bond acceptors (Lipinski definition) is 4. The van der Waals surface area contributed by atoms with Gasteiger partial charge >= 0.3 is 0 Å². The van der Waals surface area contributed by atoms with Gasteiger partial charge in [0.1, 0.15) is 0 Å². The summed E-state index contributed by atoms with van der Waals surface area (Å²) >= 11 is 4.45. The fourth-order valence-electron chi connectivity index (χ4n) is 1.01. The molecule has 0 fully saturated rings. The first-order chi connectivity index (χ1) is 7.25. The highest BCUT2D eigenvalue weighted by molar-refractivity contribution is 9.11. The Morgan fingerprint density at radius 2 is 2.00 bits per heavy atom. The van der Waals surface area contributed by atoms with Crippen molar-refractivity contribution in [1.29, 1.82) is 0 Å². The molecule has 76 valence electrons. The molecule has 1 heterocycles. The van der Waals surface area contributed by atoms with Crippen LogP contribution in [0.3, 0.4) is 0 Å². The highest BCUT2D eigenvalue weighted by atomic mass is 79.9. The Bertz CT molecular complexity index is 471. The molecule has 2 rings (SSSR count). The van der Waals surface area contributed by atoms with Crippen molar-refractivity contribution in [3.8, 4) is 0 Å². The normalized spacial score (nSPS) is 9.93. The third-order valence-electron chi connectivity index (χ3n) is 1.66. The third kappa shape index (κ3) is 2.60. The van der Waals surface area contributed by atoms with Crippen LogP contribution in [0.1, 0.15) is 10.4 Å². The van der Waals surface area contributed by atoms with E-state index in [0.717, 1.165) is 0 Å². The molecule has 15 heavy (non-hydrogen) atoms. The Morgan fingerprint density at radius 1 is 1.27 bits per heavy atom. The number of carbonyl (C=O) groups is 1. The molecule has 1 N–H and O–H groups in total. The molecule has 1 amide bonds. The van der Waals surface area contributed by atoms with Gasteiger partial charge in [-0.15, -0.1) is 10.2 Å². The molecule has 0 aliphatic rings. The Kier molecular flexibility index (Phi) is 3.08. The molecule has 1 aromatic heterocycles. The first-order valence-electron chi connectivity index (χ1n) is 4.11. The zero-order chi connectivity index (χ0) is 10.7. The summed E-state index contributed by atoms with van der Waals surface area (Å²) in [6.45, 7) is 0. The van der Waals surface area contributed by atoms with Crippen LogP contribution in [0.25, 0.3) is 0 Å². The van der Waals surface area contributed by atoms with Gasteiger partial charge in [0.05, 0.1) is 0 Å². The van der Waals surface area contributed by atoms with E-state index in [1.165, 1.54) is 11.3 Å². The molecule has 0 radical (unpaired) electrons. The van der Waals surface area contributed by atoms with Crippen LogP contribution in [0.15, 0.2) is 34.2 Å². The van der Waals surface area contributed by atoms with E-state index in [9.17, 15) is 4.79 Å². The molecule has 0 saturated heterocycles. The maximum absolute atomic E-state index is 11.6. The molecule has 2 aromatic rings. The van der Waals surface area contributed by atoms with E-state index in [2.05, 4.69) is 31.4 Å². The molecule has 0 aliphatic heterocycles. The van der Waals surface area contributed by atoms with Crippen LogP contribution in [-0.4, -0.2) is 16.1 Å². The molecule has 0 spiro atoms. The molecule has 0 bridgehead atoms. The smallest absolute Gasteiger partial charge is 0.257 e. The summed E-state index contributed by atoms with van der Waals surface area (Å²) in [5, 5.41) is 10.6. The monoisotopic (exact) mass is 283 g/mol. The number of benzene rings is 1. The number of amides is 1. The average molecular weight is 284 g/mol. The lowest BCUT2D eigenvalue weighted by Crippen LogP contribution is -2.11. The minimum atomic E-state index is -0.181. The predicted octanol–water partition coefficient (Wildman–Crippen LogP) is 2.55. The SMILES string of the molecule is O=C(Nc1nnc(Br)s1)c1ccccc1. The Morgan fingerprint density at radius 3 is 2.60 bits per heavy atom. The molecule has 1 aromatic carbocycles. The second kappa shape index (κ2) is 4.50. The molecule has 0 saturated carbocycles. The quantitative estimate of drug-likeness (QED) is 0.922. The molecule has 6 heteroatoms. The number of nitrogens with one attached hydrogen (secondary N) is 1. The number of carbonyl (C=O) groups excluding carboxylic acids is 1. The van der Waals surface area contributed by atoms with E-state index in [1.807, 2.05) is 18.2 Å². The van der Waals surface area contributed by atoms with Crippen molar-refractivity contribution >= 4 is 38.3 Å². The Labute approximate surface area is 98.5 Å². The second-order valence-electron chi connectivity index (χ2n) is 2.68. The zero-order valence-corrected chi connectivity index (χ0v) is 9.88. The summed E-state index contributed by atoms with van der Waals surface area (Å²) in [7, 11) is 0. The highest BCUT2D eigenvalue weighted by Crippen LogP contribution is 2.20. The Hall–Kier alpha value is -1.27. The molecule has 0 unspecified atom stereocenters. The van der Waals surface area contributed by atoms with Gasteiger partial charge in [-0.1, -0.05) is 29.5 Å². The van der Waals surface area contributed by atoms with Gasteiger partial charge in [0.15, 0.2) is 3.92 Å². The van der Waals surface area contributed by atoms with Gasteiger partial charge in [0.2, 0.25) is 5.13 Å². The van der Waals surface area contributed by atoms with Crippen LogP contribution in [0.2, 0.25) is 0 Å². The largest absolute Gasteiger partial charge is 0.296 e. The Balaban J connectivity index is 2.11. The van der Waals surface area contributed by atoms with Crippen LogP contribution in [0.4, 0.5) is 5.13 Å². The van der Waals surface area contributed by atoms with E-state index >= 15 is 0 Å². The summed E-state index contributed by atoms with van der Waals surface area (Å²) in [6.07, 6.45) is 0.